The largest absolute Gasteiger partial charge is 0.326 e. The van der Waals surface area contributed by atoms with Gasteiger partial charge < -0.3 is 5.32 Å². The molecule has 2 aromatic carbocycles. The Morgan fingerprint density at radius 1 is 1.07 bits per heavy atom. The molecule has 0 saturated carbocycles. The van der Waals surface area contributed by atoms with Crippen molar-refractivity contribution < 1.29 is 9.18 Å². The zero-order valence-electron chi connectivity index (χ0n) is 15.5. The monoisotopic (exact) mass is 379 g/mol. The average molecular weight is 379 g/mol. The fourth-order valence-electron chi connectivity index (χ4n) is 3.33. The van der Waals surface area contributed by atoms with Crippen LogP contribution in [0.15, 0.2) is 54.6 Å². The Hall–Kier alpha value is -3.22. The van der Waals surface area contributed by atoms with E-state index in [1.165, 1.54) is 23.5 Å². The van der Waals surface area contributed by atoms with Crippen molar-refractivity contribution in [3.8, 4) is 0 Å². The van der Waals surface area contributed by atoms with Gasteiger partial charge in [0.15, 0.2) is 5.82 Å². The van der Waals surface area contributed by atoms with Gasteiger partial charge in [-0.1, -0.05) is 24.6 Å². The lowest BCUT2D eigenvalue weighted by molar-refractivity contribution is 0.256. The molecular weight excluding hydrogens is 357 g/mol. The quantitative estimate of drug-likeness (QED) is 0.732. The van der Waals surface area contributed by atoms with Crippen LogP contribution in [0, 0.1) is 5.82 Å². The molecule has 7 heteroatoms. The van der Waals surface area contributed by atoms with E-state index in [0.29, 0.717) is 17.2 Å². The van der Waals surface area contributed by atoms with Crippen LogP contribution in [0.5, 0.6) is 0 Å². The molecule has 0 radical (unpaired) electrons. The van der Waals surface area contributed by atoms with Crippen LogP contribution in [0.1, 0.15) is 30.9 Å². The van der Waals surface area contributed by atoms with Gasteiger partial charge in [-0.2, -0.15) is 5.10 Å². The number of hydrogen-bond acceptors (Lipinski definition) is 3. The molecule has 0 unspecified atom stereocenters. The zero-order chi connectivity index (χ0) is 19.3. The van der Waals surface area contributed by atoms with Crippen molar-refractivity contribution in [2.75, 3.05) is 10.2 Å². The normalized spacial score (nSPS) is 13.5. The van der Waals surface area contributed by atoms with E-state index in [0.717, 1.165) is 31.6 Å². The summed E-state index contributed by atoms with van der Waals surface area (Å²) in [7, 11) is 0. The number of aryl methyl sites for hydroxylation is 2. The summed E-state index contributed by atoms with van der Waals surface area (Å²) in [5.74, 6) is 1.21. The Bertz CT molecular complexity index is 916. The second kappa shape index (κ2) is 8.21. The molecule has 0 spiro atoms. The van der Waals surface area contributed by atoms with Crippen LogP contribution in [0.3, 0.4) is 0 Å². The molecule has 0 fully saturated rings. The molecule has 4 rings (SSSR count). The number of carbonyl (C=O) groups excluding carboxylic acids is 1. The highest BCUT2D eigenvalue weighted by molar-refractivity contribution is 6.01. The number of anilines is 2. The maximum absolute atomic E-state index is 13.4. The molecule has 0 bridgehead atoms. The third kappa shape index (κ3) is 4.19. The fraction of sp³-hybridized carbons (Fsp3) is 0.286. The Morgan fingerprint density at radius 3 is 2.64 bits per heavy atom. The number of carbonyl (C=O) groups is 1. The number of nitrogens with one attached hydrogen (secondary N) is 1. The summed E-state index contributed by atoms with van der Waals surface area (Å²) in [6.45, 7) is 1.07. The van der Waals surface area contributed by atoms with Crippen LogP contribution in [0.25, 0.3) is 0 Å². The molecule has 2 heterocycles. The summed E-state index contributed by atoms with van der Waals surface area (Å²) in [5, 5.41) is 7.47. The number of aromatic nitrogens is 3. The summed E-state index contributed by atoms with van der Waals surface area (Å²) in [6.07, 6.45) is 4.28. The van der Waals surface area contributed by atoms with E-state index in [2.05, 4.69) is 15.4 Å². The molecule has 1 aromatic heterocycles. The van der Waals surface area contributed by atoms with Gasteiger partial charge in [0, 0.05) is 24.3 Å². The Balaban J connectivity index is 1.59. The van der Waals surface area contributed by atoms with Gasteiger partial charge >= 0.3 is 6.03 Å². The second-order valence-electron chi connectivity index (χ2n) is 6.84. The number of rotatable bonds is 4. The number of hydrogen-bond donors (Lipinski definition) is 1. The van der Waals surface area contributed by atoms with Gasteiger partial charge in [-0.05, 0) is 49.2 Å². The van der Waals surface area contributed by atoms with Crippen molar-refractivity contribution in [3.63, 3.8) is 0 Å². The van der Waals surface area contributed by atoms with Crippen molar-refractivity contribution >= 4 is 17.4 Å². The number of nitrogens with zero attached hydrogens (tertiary/aromatic N) is 4. The number of urea groups is 1. The summed E-state index contributed by atoms with van der Waals surface area (Å²) >= 11 is 0. The summed E-state index contributed by atoms with van der Waals surface area (Å²) in [5.41, 5.74) is 1.27. The third-order valence-corrected chi connectivity index (χ3v) is 4.77. The predicted molar refractivity (Wildman–Crippen MR) is 106 cm³/mol. The van der Waals surface area contributed by atoms with E-state index in [4.69, 9.17) is 0 Å². The van der Waals surface area contributed by atoms with Gasteiger partial charge in [-0.25, -0.2) is 18.9 Å². The van der Waals surface area contributed by atoms with Gasteiger partial charge in [0.1, 0.15) is 11.6 Å². The molecule has 0 saturated heterocycles. The molecule has 3 aromatic rings. The highest BCUT2D eigenvalue weighted by atomic mass is 19.1. The highest BCUT2D eigenvalue weighted by Crippen LogP contribution is 2.20. The van der Waals surface area contributed by atoms with E-state index in [-0.39, 0.29) is 18.4 Å². The van der Waals surface area contributed by atoms with Crippen molar-refractivity contribution in [3.05, 3.63) is 72.1 Å². The Kier molecular flexibility index (Phi) is 5.32. The average Bonchev–Trinajstić information content (AvgIpc) is 2.96. The summed E-state index contributed by atoms with van der Waals surface area (Å²) in [4.78, 5) is 19.1. The number of halogens is 1. The lowest BCUT2D eigenvalue weighted by Gasteiger charge is -2.22. The third-order valence-electron chi connectivity index (χ3n) is 4.77. The van der Waals surface area contributed by atoms with Crippen LogP contribution < -0.4 is 10.2 Å². The zero-order valence-corrected chi connectivity index (χ0v) is 15.5. The van der Waals surface area contributed by atoms with Crippen LogP contribution in [0.4, 0.5) is 20.6 Å². The van der Waals surface area contributed by atoms with E-state index >= 15 is 0 Å². The molecule has 1 N–H and O–H groups in total. The highest BCUT2D eigenvalue weighted by Gasteiger charge is 2.21. The molecular formula is C21H22FN5O. The summed E-state index contributed by atoms with van der Waals surface area (Å²) in [6, 6.07) is 14.8. The molecule has 0 aliphatic carbocycles. The predicted octanol–water partition coefficient (Wildman–Crippen LogP) is 4.38. The van der Waals surface area contributed by atoms with Crippen molar-refractivity contribution in [2.24, 2.45) is 0 Å². The van der Waals surface area contributed by atoms with Crippen molar-refractivity contribution in [1.29, 1.82) is 0 Å². The molecule has 6 nitrogen and oxygen atoms in total. The van der Waals surface area contributed by atoms with Crippen molar-refractivity contribution in [2.45, 2.75) is 38.8 Å². The molecule has 2 amide bonds. The standard InChI is InChI=1S/C21H22FN5O/c22-16-10-12-18(13-11-16)26(21(28)23-17-7-3-1-4-8-17)15-19-24-20-9-5-2-6-14-27(20)25-19/h1,3-4,7-8,10-13H,2,5-6,9,14-15H2,(H,23,28). The molecule has 28 heavy (non-hydrogen) atoms. The smallest absolute Gasteiger partial charge is 0.308 e. The van der Waals surface area contributed by atoms with Gasteiger partial charge in [-0.3, -0.25) is 4.90 Å². The number of fused-ring (bicyclic) bond motifs is 1. The van der Waals surface area contributed by atoms with Gasteiger partial charge in [0.2, 0.25) is 0 Å². The first-order valence-corrected chi connectivity index (χ1v) is 9.51. The minimum absolute atomic E-state index is 0.213. The number of para-hydroxylation sites is 1. The SMILES string of the molecule is O=C(Nc1ccccc1)N(Cc1nc2n(n1)CCCCC2)c1ccc(F)cc1. The first-order valence-electron chi connectivity index (χ1n) is 9.51. The fourth-order valence-corrected chi connectivity index (χ4v) is 3.33. The van der Waals surface area contributed by atoms with Crippen molar-refractivity contribution in [1.82, 2.24) is 14.8 Å². The van der Waals surface area contributed by atoms with Gasteiger partial charge in [-0.15, -0.1) is 0 Å². The summed E-state index contributed by atoms with van der Waals surface area (Å²) < 4.78 is 15.3. The number of amides is 2. The van der Waals surface area contributed by atoms with Crippen LogP contribution in [0.2, 0.25) is 0 Å². The second-order valence-corrected chi connectivity index (χ2v) is 6.84. The molecule has 0 atom stereocenters. The maximum Gasteiger partial charge on any atom is 0.326 e. The molecule has 1 aliphatic rings. The van der Waals surface area contributed by atoms with Crippen LogP contribution in [-0.4, -0.2) is 20.8 Å². The topological polar surface area (TPSA) is 63.1 Å². The van der Waals surface area contributed by atoms with Crippen LogP contribution >= 0.6 is 0 Å². The lowest BCUT2D eigenvalue weighted by Crippen LogP contribution is -2.35. The molecule has 1 aliphatic heterocycles. The van der Waals surface area contributed by atoms with Gasteiger partial charge in [0.05, 0.1) is 6.54 Å². The Labute approximate surface area is 163 Å². The minimum atomic E-state index is -0.348. The lowest BCUT2D eigenvalue weighted by atomic mass is 10.2. The Morgan fingerprint density at radius 2 is 1.86 bits per heavy atom. The first-order chi connectivity index (χ1) is 13.7. The van der Waals surface area contributed by atoms with E-state index in [1.54, 1.807) is 12.1 Å². The van der Waals surface area contributed by atoms with E-state index in [9.17, 15) is 9.18 Å². The number of benzene rings is 2. The minimum Gasteiger partial charge on any atom is -0.308 e. The van der Waals surface area contributed by atoms with E-state index in [1.807, 2.05) is 35.0 Å². The first kappa shape index (κ1) is 18.2. The molecule has 144 valence electrons. The van der Waals surface area contributed by atoms with Crippen LogP contribution in [-0.2, 0) is 19.5 Å². The van der Waals surface area contributed by atoms with E-state index < -0.39 is 0 Å². The maximum atomic E-state index is 13.4. The van der Waals surface area contributed by atoms with Gasteiger partial charge in [0.25, 0.3) is 0 Å².